The van der Waals surface area contributed by atoms with E-state index in [0.717, 1.165) is 20.5 Å². The van der Waals surface area contributed by atoms with Crippen molar-refractivity contribution >= 4 is 54.9 Å². The molecule has 3 fully saturated rings. The van der Waals surface area contributed by atoms with E-state index in [-0.39, 0.29) is 98.9 Å². The normalized spacial score (nSPS) is 28.2. The van der Waals surface area contributed by atoms with Gasteiger partial charge in [0, 0.05) is 59.9 Å². The van der Waals surface area contributed by atoms with E-state index in [1.807, 2.05) is 0 Å². The zero-order chi connectivity index (χ0) is 66.2. The minimum Gasteiger partial charge on any atom is -0.394 e. The van der Waals surface area contributed by atoms with Crippen LogP contribution in [-0.4, -0.2) is 328 Å². The molecule has 0 aromatic heterocycles. The summed E-state index contributed by atoms with van der Waals surface area (Å²) in [5.41, 5.74) is 0. The van der Waals surface area contributed by atoms with Gasteiger partial charge in [-0.1, -0.05) is 0 Å². The summed E-state index contributed by atoms with van der Waals surface area (Å²) in [5.74, 6) is -6.50. The number of nitrogens with one attached hydrogen (secondary N) is 8. The summed E-state index contributed by atoms with van der Waals surface area (Å²) in [5, 5.41) is 110. The van der Waals surface area contributed by atoms with Gasteiger partial charge in [0.1, 0.15) is 79.1 Å². The van der Waals surface area contributed by atoms with Crippen LogP contribution in [0.5, 0.6) is 0 Å². The lowest BCUT2D eigenvalue weighted by atomic mass is 9.97. The van der Waals surface area contributed by atoms with Crippen molar-refractivity contribution in [2.45, 2.75) is 144 Å². The number of aliphatic hydroxyl groups excluding tert-OH is 9. The predicted octanol–water partition coefficient (Wildman–Crippen LogP) is -10.7. The molecule has 514 valence electrons. The van der Waals surface area contributed by atoms with Crippen LogP contribution in [0, 0.1) is 0 Å². The lowest BCUT2D eigenvalue weighted by Crippen LogP contribution is -2.64. The average molecular weight is 1310 g/mol. The first-order chi connectivity index (χ1) is 42.2. The molecule has 0 spiro atoms. The lowest BCUT2D eigenvalue weighted by molar-refractivity contribution is -0.272. The van der Waals surface area contributed by atoms with Crippen molar-refractivity contribution in [3.8, 4) is 0 Å². The van der Waals surface area contributed by atoms with Crippen LogP contribution in [0.4, 0.5) is 0 Å². The number of rotatable bonds is 42. The summed E-state index contributed by atoms with van der Waals surface area (Å²) in [7, 11) is -3.83. The Bertz CT molecular complexity index is 2230. The van der Waals surface area contributed by atoms with Crippen LogP contribution in [0.25, 0.3) is 0 Å². The van der Waals surface area contributed by atoms with Gasteiger partial charge >= 0.3 is 7.60 Å². The van der Waals surface area contributed by atoms with E-state index < -0.39 is 198 Å². The third-order valence-corrected chi connectivity index (χ3v) is 13.8. The van der Waals surface area contributed by atoms with E-state index >= 15 is 0 Å². The van der Waals surface area contributed by atoms with E-state index in [9.17, 15) is 93.8 Å². The highest BCUT2D eigenvalue weighted by molar-refractivity contribution is 7.51. The minimum atomic E-state index is -3.83. The molecule has 0 saturated carbocycles. The maximum Gasteiger partial charge on any atom is 0.325 e. The monoisotopic (exact) mass is 1310 g/mol. The summed E-state index contributed by atoms with van der Waals surface area (Å²) >= 11 is 0. The SMILES string of the molecule is CC(=O)NC1C(OCCOCCNC(=O)CCC(NC(=O)C(NC(=O)CCOCCOP(C)(=O)O)C(=O)NCCOCCOC2OC(CO)C(O)C(O)C2NC(C)=O)C(=O)NCCOCCOC2OC(CO)C(O)C(O)C2NC(C)=O)OC(CO)C(O)C1O. The molecular formula is C50H89N8O30P. The molecular weight excluding hydrogens is 1220 g/mol. The van der Waals surface area contributed by atoms with Crippen LogP contribution in [0.2, 0.25) is 0 Å². The van der Waals surface area contributed by atoms with E-state index in [0.29, 0.717) is 0 Å². The maximum atomic E-state index is 14.1. The molecule has 0 aromatic rings. The Labute approximate surface area is 511 Å². The molecule has 3 saturated heterocycles. The quantitative estimate of drug-likeness (QED) is 0.0153. The summed E-state index contributed by atoms with van der Waals surface area (Å²) in [6, 6.07) is -7.28. The Kier molecular flexibility index (Phi) is 36.6. The smallest absolute Gasteiger partial charge is 0.325 e. The molecule has 18 atom stereocenters. The third-order valence-electron chi connectivity index (χ3n) is 13.1. The van der Waals surface area contributed by atoms with Crippen molar-refractivity contribution in [1.29, 1.82) is 0 Å². The maximum absolute atomic E-state index is 14.1. The van der Waals surface area contributed by atoms with Gasteiger partial charge < -0.3 is 145 Å². The minimum absolute atomic E-state index is 0.0862. The molecule has 8 amide bonds. The van der Waals surface area contributed by atoms with Gasteiger partial charge in [-0.3, -0.25) is 42.9 Å². The fraction of sp³-hybridized carbons (Fsp3) is 0.840. The first-order valence-electron chi connectivity index (χ1n) is 28.4. The zero-order valence-corrected chi connectivity index (χ0v) is 50.6. The van der Waals surface area contributed by atoms with E-state index in [4.69, 9.17) is 51.9 Å². The van der Waals surface area contributed by atoms with Crippen molar-refractivity contribution in [1.82, 2.24) is 42.5 Å². The highest BCUT2D eigenvalue weighted by Gasteiger charge is 2.48. The Morgan fingerprint density at radius 1 is 0.449 bits per heavy atom. The number of ether oxygens (including phenoxy) is 10. The van der Waals surface area contributed by atoms with Gasteiger partial charge in [-0.25, -0.2) is 0 Å². The van der Waals surface area contributed by atoms with Crippen molar-refractivity contribution in [2.75, 3.05) is 125 Å². The Hall–Kier alpha value is -4.85. The number of carbonyl (C=O) groups excluding carboxylic acids is 8. The van der Waals surface area contributed by atoms with Crippen LogP contribution in [0.1, 0.15) is 40.0 Å². The second kappa shape index (κ2) is 41.6. The summed E-state index contributed by atoms with van der Waals surface area (Å²) < 4.78 is 71.3. The first-order valence-corrected chi connectivity index (χ1v) is 30.5. The highest BCUT2D eigenvalue weighted by atomic mass is 31.2. The van der Waals surface area contributed by atoms with Crippen LogP contribution in [0.15, 0.2) is 0 Å². The van der Waals surface area contributed by atoms with Crippen LogP contribution in [-0.2, 0) is 94.8 Å². The number of hydrogen-bond donors (Lipinski definition) is 18. The second-order valence-corrected chi connectivity index (χ2v) is 22.1. The lowest BCUT2D eigenvalue weighted by Gasteiger charge is -2.42. The fourth-order valence-corrected chi connectivity index (χ4v) is 9.11. The van der Waals surface area contributed by atoms with Gasteiger partial charge in [-0.15, -0.1) is 0 Å². The van der Waals surface area contributed by atoms with Crippen molar-refractivity contribution in [3.05, 3.63) is 0 Å². The molecule has 18 unspecified atom stereocenters. The number of aliphatic hydroxyl groups is 9. The molecule has 39 heteroatoms. The fourth-order valence-electron chi connectivity index (χ4n) is 8.70. The van der Waals surface area contributed by atoms with Gasteiger partial charge in [0.2, 0.25) is 35.4 Å². The molecule has 0 aromatic carbocycles. The van der Waals surface area contributed by atoms with Crippen molar-refractivity contribution in [3.63, 3.8) is 0 Å². The molecule has 3 aliphatic heterocycles. The van der Waals surface area contributed by atoms with E-state index in [1.165, 1.54) is 6.92 Å². The molecule has 3 aliphatic rings. The molecule has 3 rings (SSSR count). The zero-order valence-electron chi connectivity index (χ0n) is 49.7. The van der Waals surface area contributed by atoms with E-state index in [1.54, 1.807) is 0 Å². The van der Waals surface area contributed by atoms with Gasteiger partial charge in [0.15, 0.2) is 24.9 Å². The second-order valence-electron chi connectivity index (χ2n) is 20.3. The third kappa shape index (κ3) is 28.7. The first kappa shape index (κ1) is 78.4. The molecule has 0 bridgehead atoms. The van der Waals surface area contributed by atoms with Crippen LogP contribution < -0.4 is 42.5 Å². The molecule has 18 N–H and O–H groups in total. The van der Waals surface area contributed by atoms with Gasteiger partial charge in [-0.05, 0) is 6.42 Å². The standard InChI is InChI=1S/C50H89N8O30P/c1-26(62)54-35-42(70)39(67)30(23-59)86-48(35)82-19-15-79-12-8-51-33(65)6-5-29(45(73)52-9-13-80-16-20-83-49-36(55-27(2)63)43(71)40(68)31(24-60)87-49)57-47(75)38(58-34(66)7-11-78-18-22-85-89(4,76)77)46(74)53-10-14-81-17-21-84-50-37(56-28(3)64)44(72)41(69)32(25-61)88-50/h29-32,35-44,48-50,59-61,67-72H,5-25H2,1-4H3,(H,51,65)(H,52,73)(H,53,74)(H,54,62)(H,55,63)(H,56,64)(H,57,75)(H,58,66)(H,76,77). The summed E-state index contributed by atoms with van der Waals surface area (Å²) in [4.78, 5) is 112. The number of hydrogen-bond acceptors (Lipinski definition) is 29. The van der Waals surface area contributed by atoms with Crippen molar-refractivity contribution in [2.24, 2.45) is 0 Å². The average Bonchev–Trinajstić information content (AvgIpc) is 1.45. The summed E-state index contributed by atoms with van der Waals surface area (Å²) in [6.07, 6.45) is -18.2. The summed E-state index contributed by atoms with van der Waals surface area (Å²) in [6.45, 7) is -0.584. The molecule has 89 heavy (non-hydrogen) atoms. The van der Waals surface area contributed by atoms with Gasteiger partial charge in [-0.2, -0.15) is 0 Å². The van der Waals surface area contributed by atoms with Gasteiger partial charge in [0.25, 0.3) is 11.8 Å². The number of carbonyl (C=O) groups is 8. The Morgan fingerprint density at radius 3 is 1.20 bits per heavy atom. The molecule has 0 aliphatic carbocycles. The Balaban J connectivity index is 1.67. The molecule has 38 nitrogen and oxygen atoms in total. The van der Waals surface area contributed by atoms with Crippen molar-refractivity contribution < 1.29 is 146 Å². The predicted molar refractivity (Wildman–Crippen MR) is 296 cm³/mol. The van der Waals surface area contributed by atoms with E-state index in [2.05, 4.69) is 42.5 Å². The Morgan fingerprint density at radius 2 is 0.820 bits per heavy atom. The highest BCUT2D eigenvalue weighted by Crippen LogP contribution is 2.36. The molecule has 3 heterocycles. The number of amides is 8. The molecule has 0 radical (unpaired) electrons. The van der Waals surface area contributed by atoms with Gasteiger partial charge in [0.05, 0.1) is 99.1 Å². The van der Waals surface area contributed by atoms with Crippen LogP contribution >= 0.6 is 7.60 Å². The van der Waals surface area contributed by atoms with Crippen LogP contribution in [0.3, 0.4) is 0 Å². The topological polar surface area (TPSA) is 554 Å². The largest absolute Gasteiger partial charge is 0.394 e.